The van der Waals surface area contributed by atoms with Gasteiger partial charge < -0.3 is 0 Å². The summed E-state index contributed by atoms with van der Waals surface area (Å²) in [6, 6.07) is 2.75. The van der Waals surface area contributed by atoms with Crippen molar-refractivity contribution >= 4 is 0 Å². The van der Waals surface area contributed by atoms with Crippen molar-refractivity contribution in [3.8, 4) is 0 Å². The quantitative estimate of drug-likeness (QED) is 0.442. The molecule has 2 nitrogen and oxygen atoms in total. The van der Waals surface area contributed by atoms with Crippen molar-refractivity contribution in [3.63, 3.8) is 0 Å². The van der Waals surface area contributed by atoms with Crippen LogP contribution in [0.2, 0.25) is 0 Å². The van der Waals surface area contributed by atoms with Crippen LogP contribution in [0.25, 0.3) is 0 Å². The molecule has 1 aromatic carbocycles. The van der Waals surface area contributed by atoms with E-state index in [9.17, 15) is 17.6 Å². The highest BCUT2D eigenvalue weighted by molar-refractivity contribution is 5.27. The Labute approximate surface area is 77.7 Å². The van der Waals surface area contributed by atoms with Gasteiger partial charge in [-0.1, -0.05) is 6.07 Å². The lowest BCUT2D eigenvalue weighted by molar-refractivity contribution is -0.140. The molecule has 0 atom stereocenters. The van der Waals surface area contributed by atoms with E-state index < -0.39 is 17.6 Å². The van der Waals surface area contributed by atoms with Crippen LogP contribution in [-0.4, -0.2) is 0 Å². The minimum Gasteiger partial charge on any atom is -0.271 e. The molecule has 78 valence electrons. The van der Waals surface area contributed by atoms with Crippen molar-refractivity contribution < 1.29 is 17.6 Å². The van der Waals surface area contributed by atoms with Crippen LogP contribution in [0.4, 0.5) is 17.6 Å². The fourth-order valence-corrected chi connectivity index (χ4v) is 1.02. The monoisotopic (exact) mass is 208 g/mol. The largest absolute Gasteiger partial charge is 0.419 e. The fraction of sp³-hybridized carbons (Fsp3) is 0.250. The van der Waals surface area contributed by atoms with Crippen LogP contribution in [0.3, 0.4) is 0 Å². The SMILES string of the molecule is NNCc1ccc(F)c(C(F)(F)F)c1. The number of hydrogen-bond donors (Lipinski definition) is 2. The van der Waals surface area contributed by atoms with Gasteiger partial charge in [0.2, 0.25) is 0 Å². The summed E-state index contributed by atoms with van der Waals surface area (Å²) in [5, 5.41) is 0. The maximum Gasteiger partial charge on any atom is 0.419 e. The van der Waals surface area contributed by atoms with Crippen LogP contribution in [0, 0.1) is 5.82 Å². The van der Waals surface area contributed by atoms with Crippen LogP contribution in [-0.2, 0) is 12.7 Å². The molecule has 3 N–H and O–H groups in total. The van der Waals surface area contributed by atoms with E-state index >= 15 is 0 Å². The lowest BCUT2D eigenvalue weighted by Gasteiger charge is -2.09. The zero-order valence-electron chi connectivity index (χ0n) is 7.03. The summed E-state index contributed by atoms with van der Waals surface area (Å²) in [5.74, 6) is 3.65. The molecule has 0 aliphatic carbocycles. The summed E-state index contributed by atoms with van der Waals surface area (Å²) in [5.41, 5.74) is 1.20. The third-order valence-electron chi connectivity index (χ3n) is 1.64. The van der Waals surface area contributed by atoms with Crippen molar-refractivity contribution in [2.75, 3.05) is 0 Å². The highest BCUT2D eigenvalue weighted by Gasteiger charge is 2.34. The summed E-state index contributed by atoms with van der Waals surface area (Å²) < 4.78 is 49.3. The summed E-state index contributed by atoms with van der Waals surface area (Å²) in [4.78, 5) is 0. The molecule has 0 saturated heterocycles. The van der Waals surface area contributed by atoms with E-state index in [-0.39, 0.29) is 12.1 Å². The minimum atomic E-state index is -4.67. The Morgan fingerprint density at radius 3 is 2.43 bits per heavy atom. The molecule has 0 unspecified atom stereocenters. The van der Waals surface area contributed by atoms with Crippen LogP contribution in [0.1, 0.15) is 11.1 Å². The minimum absolute atomic E-state index is 0.0589. The van der Waals surface area contributed by atoms with Gasteiger partial charge in [-0.3, -0.25) is 11.3 Å². The van der Waals surface area contributed by atoms with Gasteiger partial charge in [-0.25, -0.2) is 4.39 Å². The number of benzene rings is 1. The molecule has 0 saturated carbocycles. The Kier molecular flexibility index (Phi) is 3.07. The molecule has 0 aliphatic rings. The van der Waals surface area contributed by atoms with Gasteiger partial charge in [0.15, 0.2) is 0 Å². The molecule has 1 aromatic rings. The third kappa shape index (κ3) is 2.43. The summed E-state index contributed by atoms with van der Waals surface area (Å²) in [6.07, 6.45) is -4.67. The van der Waals surface area contributed by atoms with Gasteiger partial charge in [0.1, 0.15) is 5.82 Å². The van der Waals surface area contributed by atoms with E-state index in [0.717, 1.165) is 12.1 Å². The van der Waals surface area contributed by atoms with Crippen molar-refractivity contribution in [2.45, 2.75) is 12.7 Å². The number of alkyl halides is 3. The predicted molar refractivity (Wildman–Crippen MR) is 42.4 cm³/mol. The van der Waals surface area contributed by atoms with E-state index in [4.69, 9.17) is 5.84 Å². The maximum absolute atomic E-state index is 12.7. The van der Waals surface area contributed by atoms with Crippen molar-refractivity contribution in [1.29, 1.82) is 0 Å². The zero-order valence-corrected chi connectivity index (χ0v) is 7.03. The molecule has 0 aliphatic heterocycles. The van der Waals surface area contributed by atoms with Crippen LogP contribution in [0.15, 0.2) is 18.2 Å². The van der Waals surface area contributed by atoms with Gasteiger partial charge in [-0.15, -0.1) is 0 Å². The first-order valence-electron chi connectivity index (χ1n) is 3.74. The molecule has 0 amide bonds. The Morgan fingerprint density at radius 2 is 1.93 bits per heavy atom. The van der Waals surface area contributed by atoms with E-state index in [1.807, 2.05) is 0 Å². The Bertz CT molecular complexity index is 322. The number of hydrazine groups is 1. The van der Waals surface area contributed by atoms with E-state index in [0.29, 0.717) is 0 Å². The van der Waals surface area contributed by atoms with E-state index in [1.165, 1.54) is 6.07 Å². The fourth-order valence-electron chi connectivity index (χ4n) is 1.02. The second kappa shape index (κ2) is 3.93. The third-order valence-corrected chi connectivity index (χ3v) is 1.64. The van der Waals surface area contributed by atoms with Gasteiger partial charge in [0.25, 0.3) is 0 Å². The topological polar surface area (TPSA) is 38.0 Å². The number of hydrogen-bond acceptors (Lipinski definition) is 2. The molecule has 0 aromatic heterocycles. The Hall–Kier alpha value is -1.14. The zero-order chi connectivity index (χ0) is 10.8. The summed E-state index contributed by atoms with van der Waals surface area (Å²) >= 11 is 0. The predicted octanol–water partition coefficient (Wildman–Crippen LogP) is 1.81. The van der Waals surface area contributed by atoms with Crippen LogP contribution < -0.4 is 11.3 Å². The number of nitrogens with two attached hydrogens (primary N) is 1. The molecular formula is C8H8F4N2. The molecular weight excluding hydrogens is 200 g/mol. The number of halogens is 4. The van der Waals surface area contributed by atoms with Crippen molar-refractivity contribution in [1.82, 2.24) is 5.43 Å². The normalized spacial score (nSPS) is 11.8. The first kappa shape index (κ1) is 10.9. The standard InChI is InChI=1S/C8H8F4N2/c9-7-2-1-5(4-14-13)3-6(7)8(10,11)12/h1-3,14H,4,13H2. The molecule has 0 bridgehead atoms. The van der Waals surface area contributed by atoms with Crippen LogP contribution >= 0.6 is 0 Å². The van der Waals surface area contributed by atoms with Gasteiger partial charge in [0, 0.05) is 6.54 Å². The first-order valence-corrected chi connectivity index (χ1v) is 3.74. The molecule has 0 heterocycles. The smallest absolute Gasteiger partial charge is 0.271 e. The van der Waals surface area contributed by atoms with Crippen LogP contribution in [0.5, 0.6) is 0 Å². The van der Waals surface area contributed by atoms with Gasteiger partial charge in [0.05, 0.1) is 5.56 Å². The average Bonchev–Trinajstić information content (AvgIpc) is 2.07. The number of rotatable bonds is 2. The Balaban J connectivity index is 3.09. The van der Waals surface area contributed by atoms with E-state index in [2.05, 4.69) is 5.43 Å². The van der Waals surface area contributed by atoms with Gasteiger partial charge in [-0.2, -0.15) is 13.2 Å². The molecule has 6 heteroatoms. The maximum atomic E-state index is 12.7. The van der Waals surface area contributed by atoms with Gasteiger partial charge >= 0.3 is 6.18 Å². The molecule has 14 heavy (non-hydrogen) atoms. The highest BCUT2D eigenvalue weighted by Crippen LogP contribution is 2.31. The number of nitrogens with one attached hydrogen (secondary N) is 1. The second-order valence-corrected chi connectivity index (χ2v) is 2.69. The summed E-state index contributed by atoms with van der Waals surface area (Å²) in [6.45, 7) is 0.0589. The lowest BCUT2D eigenvalue weighted by Crippen LogP contribution is -2.21. The molecule has 0 radical (unpaired) electrons. The van der Waals surface area contributed by atoms with E-state index in [1.54, 1.807) is 0 Å². The average molecular weight is 208 g/mol. The van der Waals surface area contributed by atoms with Gasteiger partial charge in [-0.05, 0) is 17.7 Å². The lowest BCUT2D eigenvalue weighted by atomic mass is 10.1. The highest BCUT2D eigenvalue weighted by atomic mass is 19.4. The van der Waals surface area contributed by atoms with Crippen molar-refractivity contribution in [2.24, 2.45) is 5.84 Å². The summed E-state index contributed by atoms with van der Waals surface area (Å²) in [7, 11) is 0. The molecule has 0 fully saturated rings. The Morgan fingerprint density at radius 1 is 1.29 bits per heavy atom. The molecule has 1 rings (SSSR count). The second-order valence-electron chi connectivity index (χ2n) is 2.69. The van der Waals surface area contributed by atoms with Crippen molar-refractivity contribution in [3.05, 3.63) is 35.1 Å². The molecule has 0 spiro atoms. The first-order chi connectivity index (χ1) is 6.45.